The molecule has 156 valence electrons. The number of hydrogen-bond donors (Lipinski definition) is 0. The van der Waals surface area contributed by atoms with Gasteiger partial charge in [-0.15, -0.1) is 22.7 Å². The maximum Gasteiger partial charge on any atom is 0.195 e. The summed E-state index contributed by atoms with van der Waals surface area (Å²) in [6, 6.07) is 17.3. The summed E-state index contributed by atoms with van der Waals surface area (Å²) in [7, 11) is 0. The molecule has 0 spiro atoms. The number of fused-ring (bicyclic) bond motifs is 10. The lowest BCUT2D eigenvalue weighted by Crippen LogP contribution is -2.08. The van der Waals surface area contributed by atoms with E-state index in [-0.39, 0.29) is 11.9 Å². The Morgan fingerprint density at radius 2 is 1.53 bits per heavy atom. The van der Waals surface area contributed by atoms with Crippen molar-refractivity contribution in [2.45, 2.75) is 20.0 Å². The molecule has 2 nitrogen and oxygen atoms in total. The number of thiophene rings is 2. The molecule has 7 rings (SSSR count). The SMILES string of the molecule is CC(C)COC1c2cc3c(cc2-c2ccc4ccsc4c21)C(=O)c1c-3ccc2ccsc12. The summed E-state index contributed by atoms with van der Waals surface area (Å²) in [5.74, 6) is 0.602. The fourth-order valence-corrected chi connectivity index (χ4v) is 7.17. The van der Waals surface area contributed by atoms with Crippen LogP contribution in [0.25, 0.3) is 42.4 Å². The molecule has 0 N–H and O–H groups in total. The molecule has 0 radical (unpaired) electrons. The maximum atomic E-state index is 13.6. The molecule has 2 aliphatic carbocycles. The van der Waals surface area contributed by atoms with Crippen molar-refractivity contribution in [3.63, 3.8) is 0 Å². The number of hydrogen-bond acceptors (Lipinski definition) is 4. The van der Waals surface area contributed by atoms with Gasteiger partial charge in [0.2, 0.25) is 0 Å². The molecule has 2 heterocycles. The Hall–Kier alpha value is -2.79. The van der Waals surface area contributed by atoms with Crippen molar-refractivity contribution < 1.29 is 9.53 Å². The fraction of sp³-hybridized carbons (Fsp3) is 0.179. The second kappa shape index (κ2) is 6.61. The van der Waals surface area contributed by atoms with E-state index in [2.05, 4.69) is 73.1 Å². The van der Waals surface area contributed by atoms with Gasteiger partial charge in [0.15, 0.2) is 5.78 Å². The highest BCUT2D eigenvalue weighted by Gasteiger charge is 2.37. The van der Waals surface area contributed by atoms with E-state index in [1.165, 1.54) is 26.8 Å². The van der Waals surface area contributed by atoms with Gasteiger partial charge in [0.05, 0.1) is 6.61 Å². The van der Waals surface area contributed by atoms with Gasteiger partial charge in [-0.05, 0) is 79.5 Å². The Morgan fingerprint density at radius 1 is 0.812 bits per heavy atom. The predicted octanol–water partition coefficient (Wildman–Crippen LogP) is 8.07. The smallest absolute Gasteiger partial charge is 0.195 e. The third-order valence-corrected chi connectivity index (χ3v) is 8.58. The number of rotatable bonds is 3. The summed E-state index contributed by atoms with van der Waals surface area (Å²) in [5, 5.41) is 6.62. The molecular weight excluding hydrogens is 432 g/mol. The molecule has 2 aliphatic rings. The first-order valence-electron chi connectivity index (χ1n) is 11.0. The molecule has 0 saturated heterocycles. The van der Waals surface area contributed by atoms with E-state index in [1.54, 1.807) is 22.7 Å². The topological polar surface area (TPSA) is 26.3 Å². The molecule has 0 fully saturated rings. The monoisotopic (exact) mass is 452 g/mol. The molecule has 1 unspecified atom stereocenters. The third-order valence-electron chi connectivity index (χ3n) is 6.66. The van der Waals surface area contributed by atoms with Crippen LogP contribution < -0.4 is 0 Å². The standard InChI is InChI=1S/C28H20O2S2/c1-14(2)13-30-26-22-12-19-17-5-3-15-7-9-31-27(15)23(17)25(29)21(19)11-20(22)18-6-4-16-8-10-32-28(16)24(18)26/h3-12,14,26H,13H2,1-2H3. The van der Waals surface area contributed by atoms with E-state index in [4.69, 9.17) is 4.74 Å². The highest BCUT2D eigenvalue weighted by atomic mass is 32.1. The summed E-state index contributed by atoms with van der Waals surface area (Å²) in [4.78, 5) is 13.6. The molecule has 0 amide bonds. The Balaban J connectivity index is 1.49. The first-order chi connectivity index (χ1) is 15.6. The zero-order chi connectivity index (χ0) is 21.6. The Labute approximate surface area is 194 Å². The van der Waals surface area contributed by atoms with Gasteiger partial charge in [-0.1, -0.05) is 38.1 Å². The van der Waals surface area contributed by atoms with Gasteiger partial charge in [-0.25, -0.2) is 0 Å². The first-order valence-corrected chi connectivity index (χ1v) is 12.7. The number of carbonyl (C=O) groups is 1. The van der Waals surface area contributed by atoms with Gasteiger partial charge in [0.1, 0.15) is 6.10 Å². The minimum Gasteiger partial charge on any atom is -0.368 e. The third kappa shape index (κ3) is 2.40. The van der Waals surface area contributed by atoms with Crippen LogP contribution in [0.2, 0.25) is 0 Å². The lowest BCUT2D eigenvalue weighted by molar-refractivity contribution is 0.0637. The molecule has 5 aromatic rings. The molecule has 1 atom stereocenters. The predicted molar refractivity (Wildman–Crippen MR) is 134 cm³/mol. The van der Waals surface area contributed by atoms with Crippen LogP contribution in [-0.4, -0.2) is 12.4 Å². The minimum absolute atomic E-state index is 0.0975. The zero-order valence-corrected chi connectivity index (χ0v) is 19.4. The summed E-state index contributed by atoms with van der Waals surface area (Å²) < 4.78 is 8.94. The zero-order valence-electron chi connectivity index (χ0n) is 17.8. The van der Waals surface area contributed by atoms with E-state index in [0.29, 0.717) is 12.5 Å². The summed E-state index contributed by atoms with van der Waals surface area (Å²) in [5.41, 5.74) is 8.59. The van der Waals surface area contributed by atoms with Crippen LogP contribution in [0.1, 0.15) is 47.0 Å². The van der Waals surface area contributed by atoms with Crippen molar-refractivity contribution in [2.24, 2.45) is 5.92 Å². The second-order valence-corrected chi connectivity index (χ2v) is 10.9. The average molecular weight is 453 g/mol. The molecule has 2 aromatic heterocycles. The Kier molecular flexibility index (Phi) is 3.87. The summed E-state index contributed by atoms with van der Waals surface area (Å²) in [6.07, 6.45) is -0.0975. The molecule has 0 aliphatic heterocycles. The summed E-state index contributed by atoms with van der Waals surface area (Å²) in [6.45, 7) is 5.08. The average Bonchev–Trinajstić information content (AvgIpc) is 3.55. The normalized spacial score (nSPS) is 16.1. The first kappa shape index (κ1) is 18.8. The van der Waals surface area contributed by atoms with Crippen molar-refractivity contribution in [2.75, 3.05) is 6.61 Å². The molecular formula is C28H20O2S2. The number of ketones is 1. The lowest BCUT2D eigenvalue weighted by atomic mass is 9.97. The molecule has 32 heavy (non-hydrogen) atoms. The van der Waals surface area contributed by atoms with E-state index >= 15 is 0 Å². The van der Waals surface area contributed by atoms with Crippen LogP contribution in [0.15, 0.2) is 59.3 Å². The van der Waals surface area contributed by atoms with Crippen LogP contribution in [0.4, 0.5) is 0 Å². The van der Waals surface area contributed by atoms with Gasteiger partial charge in [0.25, 0.3) is 0 Å². The van der Waals surface area contributed by atoms with E-state index in [9.17, 15) is 4.79 Å². The number of ether oxygens (including phenoxy) is 1. The van der Waals surface area contributed by atoms with Crippen LogP contribution in [0.5, 0.6) is 0 Å². The highest BCUT2D eigenvalue weighted by Crippen LogP contribution is 2.53. The lowest BCUT2D eigenvalue weighted by Gasteiger charge is -2.18. The van der Waals surface area contributed by atoms with Crippen molar-refractivity contribution in [3.8, 4) is 22.3 Å². The quantitative estimate of drug-likeness (QED) is 0.271. The van der Waals surface area contributed by atoms with Crippen LogP contribution in [0.3, 0.4) is 0 Å². The molecule has 4 heteroatoms. The maximum absolute atomic E-state index is 13.6. The highest BCUT2D eigenvalue weighted by molar-refractivity contribution is 7.18. The van der Waals surface area contributed by atoms with Gasteiger partial charge >= 0.3 is 0 Å². The minimum atomic E-state index is -0.0975. The van der Waals surface area contributed by atoms with Gasteiger partial charge in [-0.3, -0.25) is 4.79 Å². The summed E-state index contributed by atoms with van der Waals surface area (Å²) >= 11 is 3.43. The molecule has 0 saturated carbocycles. The van der Waals surface area contributed by atoms with E-state index in [1.807, 2.05) is 0 Å². The van der Waals surface area contributed by atoms with Crippen LogP contribution in [0, 0.1) is 5.92 Å². The van der Waals surface area contributed by atoms with Gasteiger partial charge in [0, 0.05) is 26.1 Å². The second-order valence-electron chi connectivity index (χ2n) is 9.11. The number of carbonyl (C=O) groups excluding carboxylic acids is 1. The Bertz CT molecular complexity index is 1580. The van der Waals surface area contributed by atoms with Crippen molar-refractivity contribution in [3.05, 3.63) is 81.5 Å². The largest absolute Gasteiger partial charge is 0.368 e. The van der Waals surface area contributed by atoms with Gasteiger partial charge in [-0.2, -0.15) is 0 Å². The van der Waals surface area contributed by atoms with Crippen molar-refractivity contribution in [1.29, 1.82) is 0 Å². The van der Waals surface area contributed by atoms with Gasteiger partial charge < -0.3 is 4.74 Å². The molecule has 3 aromatic carbocycles. The van der Waals surface area contributed by atoms with Crippen molar-refractivity contribution >= 4 is 48.6 Å². The number of benzene rings is 3. The Morgan fingerprint density at radius 3 is 2.31 bits per heavy atom. The van der Waals surface area contributed by atoms with Crippen LogP contribution in [-0.2, 0) is 4.74 Å². The van der Waals surface area contributed by atoms with E-state index in [0.717, 1.165) is 37.9 Å². The van der Waals surface area contributed by atoms with Crippen molar-refractivity contribution in [1.82, 2.24) is 0 Å². The van der Waals surface area contributed by atoms with E-state index < -0.39 is 0 Å². The fourth-order valence-electron chi connectivity index (χ4n) is 5.26. The molecule has 0 bridgehead atoms. The van der Waals surface area contributed by atoms with Crippen LogP contribution >= 0.6 is 22.7 Å².